The number of thiazole rings is 1. The molecule has 2 rings (SSSR count). The summed E-state index contributed by atoms with van der Waals surface area (Å²) in [5.41, 5.74) is 0.809. The minimum Gasteiger partial charge on any atom is -0.382 e. The summed E-state index contributed by atoms with van der Waals surface area (Å²) in [6.07, 6.45) is 0. The Kier molecular flexibility index (Phi) is 4.86. The number of aromatic nitrogens is 1. The van der Waals surface area contributed by atoms with Gasteiger partial charge in [0.2, 0.25) is 0 Å². The lowest BCUT2D eigenvalue weighted by Crippen LogP contribution is -2.11. The van der Waals surface area contributed by atoms with E-state index in [1.165, 1.54) is 23.5 Å². The van der Waals surface area contributed by atoms with Crippen molar-refractivity contribution in [1.29, 1.82) is 0 Å². The predicted octanol–water partition coefficient (Wildman–Crippen LogP) is 2.51. The highest BCUT2D eigenvalue weighted by Crippen LogP contribution is 2.26. The van der Waals surface area contributed by atoms with Crippen LogP contribution in [0.4, 0.5) is 9.52 Å². The molecule has 0 atom stereocenters. The number of hydrogen-bond acceptors (Lipinski definition) is 5. The summed E-state index contributed by atoms with van der Waals surface area (Å²) in [7, 11) is 1.64. The number of hydrogen-bond donors (Lipinski definition) is 1. The second-order valence-electron chi connectivity index (χ2n) is 3.66. The SMILES string of the molecule is COCCOCCNc1nc2ccc(F)cc2s1. The van der Waals surface area contributed by atoms with E-state index in [-0.39, 0.29) is 5.82 Å². The van der Waals surface area contributed by atoms with Crippen LogP contribution in [0, 0.1) is 5.82 Å². The van der Waals surface area contributed by atoms with Gasteiger partial charge in [-0.2, -0.15) is 0 Å². The average molecular weight is 270 g/mol. The predicted molar refractivity (Wildman–Crippen MR) is 70.8 cm³/mol. The fraction of sp³-hybridized carbons (Fsp3) is 0.417. The molecule has 0 spiro atoms. The molecule has 1 N–H and O–H groups in total. The zero-order chi connectivity index (χ0) is 12.8. The fourth-order valence-corrected chi connectivity index (χ4v) is 2.36. The van der Waals surface area contributed by atoms with Gasteiger partial charge >= 0.3 is 0 Å². The van der Waals surface area contributed by atoms with Crippen LogP contribution in [-0.2, 0) is 9.47 Å². The lowest BCUT2D eigenvalue weighted by atomic mass is 10.3. The van der Waals surface area contributed by atoms with Crippen LogP contribution < -0.4 is 5.32 Å². The second-order valence-corrected chi connectivity index (χ2v) is 4.69. The summed E-state index contributed by atoms with van der Waals surface area (Å²) in [6.45, 7) is 2.45. The number of nitrogens with zero attached hydrogens (tertiary/aromatic N) is 1. The van der Waals surface area contributed by atoms with Gasteiger partial charge < -0.3 is 14.8 Å². The molecule has 0 radical (unpaired) electrons. The van der Waals surface area contributed by atoms with Crippen molar-refractivity contribution in [2.45, 2.75) is 0 Å². The number of fused-ring (bicyclic) bond motifs is 1. The molecule has 1 aromatic heterocycles. The summed E-state index contributed by atoms with van der Waals surface area (Å²) in [4.78, 5) is 4.35. The Morgan fingerprint density at radius 1 is 1.33 bits per heavy atom. The van der Waals surface area contributed by atoms with Crippen molar-refractivity contribution in [3.05, 3.63) is 24.0 Å². The van der Waals surface area contributed by atoms with Crippen LogP contribution in [0.25, 0.3) is 10.2 Å². The van der Waals surface area contributed by atoms with Gasteiger partial charge in [-0.1, -0.05) is 11.3 Å². The molecule has 98 valence electrons. The molecule has 0 amide bonds. The monoisotopic (exact) mass is 270 g/mol. The molecular formula is C12H15FN2O2S. The lowest BCUT2D eigenvalue weighted by molar-refractivity contribution is 0.0759. The first-order chi connectivity index (χ1) is 8.79. The minimum atomic E-state index is -0.236. The molecule has 0 aliphatic heterocycles. The largest absolute Gasteiger partial charge is 0.382 e. The van der Waals surface area contributed by atoms with Gasteiger partial charge in [0.15, 0.2) is 5.13 Å². The van der Waals surface area contributed by atoms with Crippen molar-refractivity contribution in [2.24, 2.45) is 0 Å². The molecule has 4 nitrogen and oxygen atoms in total. The zero-order valence-corrected chi connectivity index (χ0v) is 10.9. The number of halogens is 1. The van der Waals surface area contributed by atoms with Crippen molar-refractivity contribution in [3.8, 4) is 0 Å². The molecule has 0 unspecified atom stereocenters. The summed E-state index contributed by atoms with van der Waals surface area (Å²) < 4.78 is 24.0. The van der Waals surface area contributed by atoms with E-state index in [1.807, 2.05) is 0 Å². The van der Waals surface area contributed by atoms with Gasteiger partial charge in [0.1, 0.15) is 5.82 Å². The van der Waals surface area contributed by atoms with E-state index in [1.54, 1.807) is 13.2 Å². The Balaban J connectivity index is 1.81. The molecule has 1 heterocycles. The van der Waals surface area contributed by atoms with Crippen LogP contribution in [0.5, 0.6) is 0 Å². The maximum Gasteiger partial charge on any atom is 0.183 e. The number of ether oxygens (including phenoxy) is 2. The first-order valence-electron chi connectivity index (χ1n) is 5.66. The van der Waals surface area contributed by atoms with E-state index in [9.17, 15) is 4.39 Å². The molecule has 2 aromatic rings. The number of anilines is 1. The van der Waals surface area contributed by atoms with E-state index in [2.05, 4.69) is 10.3 Å². The Labute approximate surface area is 109 Å². The molecule has 6 heteroatoms. The van der Waals surface area contributed by atoms with Crippen LogP contribution in [0.2, 0.25) is 0 Å². The molecule has 0 fully saturated rings. The quantitative estimate of drug-likeness (QED) is 0.785. The maximum absolute atomic E-state index is 13.0. The third kappa shape index (κ3) is 3.63. The molecule has 1 aromatic carbocycles. The molecular weight excluding hydrogens is 255 g/mol. The van der Waals surface area contributed by atoms with Gasteiger partial charge in [0.25, 0.3) is 0 Å². The molecule has 0 saturated heterocycles. The Morgan fingerprint density at radius 3 is 3.06 bits per heavy atom. The third-order valence-electron chi connectivity index (χ3n) is 2.30. The van der Waals surface area contributed by atoms with E-state index in [0.717, 1.165) is 15.3 Å². The summed E-state index contributed by atoms with van der Waals surface area (Å²) in [6, 6.07) is 4.59. The first-order valence-corrected chi connectivity index (χ1v) is 6.48. The van der Waals surface area contributed by atoms with E-state index < -0.39 is 0 Å². The van der Waals surface area contributed by atoms with Crippen molar-refractivity contribution in [3.63, 3.8) is 0 Å². The fourth-order valence-electron chi connectivity index (χ4n) is 1.45. The normalized spacial score (nSPS) is 11.0. The third-order valence-corrected chi connectivity index (χ3v) is 3.28. The van der Waals surface area contributed by atoms with Gasteiger partial charge in [-0.15, -0.1) is 0 Å². The minimum absolute atomic E-state index is 0.236. The van der Waals surface area contributed by atoms with Crippen molar-refractivity contribution < 1.29 is 13.9 Å². The highest BCUT2D eigenvalue weighted by molar-refractivity contribution is 7.22. The second kappa shape index (κ2) is 6.63. The van der Waals surface area contributed by atoms with Gasteiger partial charge in [-0.05, 0) is 18.2 Å². The number of nitrogens with one attached hydrogen (secondary N) is 1. The smallest absolute Gasteiger partial charge is 0.183 e. The number of methoxy groups -OCH3 is 1. The summed E-state index contributed by atoms with van der Waals surface area (Å²) >= 11 is 1.44. The number of benzene rings is 1. The van der Waals surface area contributed by atoms with Crippen LogP contribution in [0.1, 0.15) is 0 Å². The summed E-state index contributed by atoms with van der Waals surface area (Å²) in [5, 5.41) is 3.93. The van der Waals surface area contributed by atoms with Crippen molar-refractivity contribution in [2.75, 3.05) is 38.8 Å². The molecule has 0 aliphatic rings. The highest BCUT2D eigenvalue weighted by Gasteiger charge is 2.03. The molecule has 0 aliphatic carbocycles. The Hall–Kier alpha value is -1.24. The molecule has 18 heavy (non-hydrogen) atoms. The molecule has 0 saturated carbocycles. The summed E-state index contributed by atoms with van der Waals surface area (Å²) in [5.74, 6) is -0.236. The van der Waals surface area contributed by atoms with E-state index in [4.69, 9.17) is 9.47 Å². The van der Waals surface area contributed by atoms with Crippen molar-refractivity contribution in [1.82, 2.24) is 4.98 Å². The Bertz CT molecular complexity index is 504. The van der Waals surface area contributed by atoms with E-state index in [0.29, 0.717) is 26.4 Å². The average Bonchev–Trinajstić information content (AvgIpc) is 2.75. The standard InChI is InChI=1S/C12H15FN2O2S/c1-16-6-7-17-5-4-14-12-15-10-3-2-9(13)8-11(10)18-12/h2-3,8H,4-7H2,1H3,(H,14,15). The first kappa shape index (κ1) is 13.2. The topological polar surface area (TPSA) is 43.4 Å². The Morgan fingerprint density at radius 2 is 2.22 bits per heavy atom. The number of rotatable bonds is 7. The van der Waals surface area contributed by atoms with E-state index >= 15 is 0 Å². The van der Waals surface area contributed by atoms with Gasteiger partial charge in [0.05, 0.1) is 30.0 Å². The van der Waals surface area contributed by atoms with Gasteiger partial charge in [0, 0.05) is 13.7 Å². The molecule has 0 bridgehead atoms. The van der Waals surface area contributed by atoms with Gasteiger partial charge in [-0.3, -0.25) is 0 Å². The maximum atomic E-state index is 13.0. The lowest BCUT2D eigenvalue weighted by Gasteiger charge is -2.03. The van der Waals surface area contributed by atoms with Crippen LogP contribution in [0.3, 0.4) is 0 Å². The van der Waals surface area contributed by atoms with Crippen molar-refractivity contribution >= 4 is 26.7 Å². The highest BCUT2D eigenvalue weighted by atomic mass is 32.1. The zero-order valence-electron chi connectivity index (χ0n) is 10.1. The van der Waals surface area contributed by atoms with Gasteiger partial charge in [-0.25, -0.2) is 9.37 Å². The van der Waals surface area contributed by atoms with Crippen LogP contribution in [-0.4, -0.2) is 38.5 Å². The van der Waals surface area contributed by atoms with Crippen LogP contribution in [0.15, 0.2) is 18.2 Å². The van der Waals surface area contributed by atoms with Crippen LogP contribution >= 0.6 is 11.3 Å².